The predicted molar refractivity (Wildman–Crippen MR) is 126 cm³/mol. The molecule has 1 heterocycles. The van der Waals surface area contributed by atoms with E-state index in [1.54, 1.807) is 17.1 Å². The molecule has 0 N–H and O–H groups in total. The first-order valence-electron chi connectivity index (χ1n) is 9.75. The summed E-state index contributed by atoms with van der Waals surface area (Å²) in [6.45, 7) is 37.9. The van der Waals surface area contributed by atoms with Gasteiger partial charge in [-0.3, -0.25) is 0 Å². The van der Waals surface area contributed by atoms with Gasteiger partial charge in [-0.1, -0.05) is 89.0 Å². The van der Waals surface area contributed by atoms with E-state index in [4.69, 9.17) is 0 Å². The van der Waals surface area contributed by atoms with Crippen molar-refractivity contribution in [2.45, 2.75) is 104 Å². The molecule has 0 unspecified atom stereocenters. The van der Waals surface area contributed by atoms with E-state index in [2.05, 4.69) is 93.5 Å². The van der Waals surface area contributed by atoms with Gasteiger partial charge in [0.25, 0.3) is 0 Å². The van der Waals surface area contributed by atoms with Crippen LogP contribution in [0.15, 0.2) is 11.1 Å². The second kappa shape index (κ2) is 5.15. The molecule has 0 bridgehead atoms. The van der Waals surface area contributed by atoms with Gasteiger partial charge in [-0.05, 0) is 6.92 Å². The number of hydrogen-bond donors (Lipinski definition) is 0. The highest BCUT2D eigenvalue weighted by atomic mass is 30.2. The molecular formula is C19H42Si5. The average molecular weight is 411 g/mol. The fourth-order valence-corrected chi connectivity index (χ4v) is 150. The van der Waals surface area contributed by atoms with Crippen LogP contribution in [0.5, 0.6) is 0 Å². The molecule has 2 rings (SSSR count). The van der Waals surface area contributed by atoms with Crippen molar-refractivity contribution < 1.29 is 0 Å². The highest BCUT2D eigenvalue weighted by Gasteiger charge is 2.80. The Morgan fingerprint density at radius 1 is 0.750 bits per heavy atom. The standard InChI is InChI=1S/C19H42Si5/c1-15-16(2)18(4)19(5,17(15)3)20(18)24(21(6,7)8,22(9,10)11)23(12,13)14/h1-14H3/t18-,19+. The summed E-state index contributed by atoms with van der Waals surface area (Å²) in [5.74, 6) is 1.79. The van der Waals surface area contributed by atoms with Crippen molar-refractivity contribution in [1.29, 1.82) is 0 Å². The van der Waals surface area contributed by atoms with E-state index in [0.29, 0.717) is 10.1 Å². The maximum Gasteiger partial charge on any atom is 0.0987 e. The lowest BCUT2D eigenvalue weighted by Crippen LogP contribution is -2.88. The minimum atomic E-state index is -1.26. The Morgan fingerprint density at radius 2 is 1.08 bits per heavy atom. The number of fused-ring (bicyclic) bond motifs is 1. The Labute approximate surface area is 157 Å². The molecule has 24 heavy (non-hydrogen) atoms. The van der Waals surface area contributed by atoms with E-state index in [9.17, 15) is 0 Å². The lowest BCUT2D eigenvalue weighted by molar-refractivity contribution is 0.670. The average Bonchev–Trinajstić information content (AvgIpc) is 2.78. The summed E-state index contributed by atoms with van der Waals surface area (Å²) in [6.07, 6.45) is -1.26. The molecule has 2 aliphatic rings. The van der Waals surface area contributed by atoms with Gasteiger partial charge in [-0.25, -0.2) is 0 Å². The maximum absolute atomic E-state index is 2.79. The van der Waals surface area contributed by atoms with E-state index in [0.717, 1.165) is 0 Å². The van der Waals surface area contributed by atoms with Crippen LogP contribution in [0.4, 0.5) is 0 Å². The smallest absolute Gasteiger partial charge is 0.0987 e. The Bertz CT molecular complexity index is 550. The SMILES string of the molecule is CC1=C(C)[C@]2(C)[Si-]([Si]([Si](C)(C)C)([Si](C)(C)C)[Si](C)(C)C)[C@]2(C)[C+]1C. The molecule has 0 aromatic rings. The van der Waals surface area contributed by atoms with Crippen LogP contribution in [0.3, 0.4) is 0 Å². The van der Waals surface area contributed by atoms with Gasteiger partial charge in [-0.2, -0.15) is 8.31 Å². The molecule has 5 heteroatoms. The van der Waals surface area contributed by atoms with Crippen LogP contribution in [0.1, 0.15) is 34.6 Å². The highest BCUT2D eigenvalue weighted by Crippen LogP contribution is 2.89. The third-order valence-corrected chi connectivity index (χ3v) is 112. The first-order chi connectivity index (χ1) is 10.3. The molecule has 1 saturated heterocycles. The van der Waals surface area contributed by atoms with Gasteiger partial charge in [0, 0.05) is 48.1 Å². The summed E-state index contributed by atoms with van der Waals surface area (Å²) in [7, 11) is -3.87. The number of allylic oxidation sites excluding steroid dienone is 2. The van der Waals surface area contributed by atoms with Gasteiger partial charge >= 0.3 is 0 Å². The molecule has 0 nitrogen and oxygen atoms in total. The molecule has 1 aliphatic carbocycles. The molecule has 0 radical (unpaired) electrons. The minimum Gasteiger partial charge on any atom is -0.191 e. The van der Waals surface area contributed by atoms with Crippen LogP contribution in [-0.2, 0) is 0 Å². The molecule has 0 amide bonds. The van der Waals surface area contributed by atoms with Crippen molar-refractivity contribution in [2.24, 2.45) is 0 Å². The van der Waals surface area contributed by atoms with Crippen LogP contribution in [-0.4, -0.2) is 37.2 Å². The third-order valence-electron chi connectivity index (χ3n) is 8.31. The lowest BCUT2D eigenvalue weighted by Gasteiger charge is -2.66. The second-order valence-electron chi connectivity index (χ2n) is 12.0. The summed E-state index contributed by atoms with van der Waals surface area (Å²) in [4.78, 5) is 0. The number of hydrogen-bond acceptors (Lipinski definition) is 0. The van der Waals surface area contributed by atoms with Crippen LogP contribution in [0.25, 0.3) is 0 Å². The van der Waals surface area contributed by atoms with Gasteiger partial charge in [0.15, 0.2) is 0 Å². The molecule has 0 aromatic heterocycles. The molecule has 1 fully saturated rings. The fraction of sp³-hybridized carbons (Fsp3) is 0.842. The van der Waals surface area contributed by atoms with Crippen LogP contribution >= 0.6 is 0 Å². The van der Waals surface area contributed by atoms with Gasteiger partial charge in [0.1, 0.15) is 0 Å². The van der Waals surface area contributed by atoms with Gasteiger partial charge < -0.3 is 0 Å². The Balaban J connectivity index is 2.84. The molecule has 1 aliphatic heterocycles. The molecule has 138 valence electrons. The Kier molecular flexibility index (Phi) is 4.50. The monoisotopic (exact) mass is 410 g/mol. The topological polar surface area (TPSA) is 0 Å². The normalized spacial score (nSPS) is 32.5. The van der Waals surface area contributed by atoms with E-state index < -0.39 is 28.9 Å². The molecular weight excluding hydrogens is 369 g/mol. The quantitative estimate of drug-likeness (QED) is 0.355. The van der Waals surface area contributed by atoms with Crippen LogP contribution < -0.4 is 0 Å². The van der Waals surface area contributed by atoms with Crippen molar-refractivity contribution in [2.75, 3.05) is 0 Å². The number of rotatable bonds is 4. The van der Waals surface area contributed by atoms with Crippen LogP contribution in [0, 0.1) is 5.92 Å². The zero-order chi connectivity index (χ0) is 19.3. The predicted octanol–water partition coefficient (Wildman–Crippen LogP) is 6.74. The van der Waals surface area contributed by atoms with E-state index in [1.165, 1.54) is 0 Å². The van der Waals surface area contributed by atoms with E-state index in [-0.39, 0.29) is 8.31 Å². The molecule has 0 spiro atoms. The van der Waals surface area contributed by atoms with Gasteiger partial charge in [0.2, 0.25) is 0 Å². The summed E-state index contributed by atoms with van der Waals surface area (Å²) in [5.41, 5.74) is 3.46. The highest BCUT2D eigenvalue weighted by molar-refractivity contribution is 8.05. The molecule has 2 atom stereocenters. The Morgan fingerprint density at radius 3 is 1.29 bits per heavy atom. The first-order valence-corrected chi connectivity index (χ1v) is 27.8. The van der Waals surface area contributed by atoms with E-state index >= 15 is 0 Å². The van der Waals surface area contributed by atoms with Gasteiger partial charge in [-0.15, -0.1) is 0 Å². The molecule has 0 saturated carbocycles. The fourth-order valence-electron chi connectivity index (χ4n) is 8.09. The second-order valence-corrected chi connectivity index (χ2v) is 62.8. The van der Waals surface area contributed by atoms with Crippen LogP contribution in [0.2, 0.25) is 69.0 Å². The summed E-state index contributed by atoms with van der Waals surface area (Å²) < 4.78 is 0. The van der Waals surface area contributed by atoms with Crippen molar-refractivity contribution in [3.63, 3.8) is 0 Å². The zero-order valence-corrected chi connectivity index (χ0v) is 24.0. The van der Waals surface area contributed by atoms with Crippen molar-refractivity contribution in [1.82, 2.24) is 0 Å². The summed E-state index contributed by atoms with van der Waals surface area (Å²) >= 11 is 0. The first kappa shape index (κ1) is 21.0. The summed E-state index contributed by atoms with van der Waals surface area (Å²) in [5, 5.41) is 1.16. The lowest BCUT2D eigenvalue weighted by atomic mass is 9.90. The third kappa shape index (κ3) is 2.02. The van der Waals surface area contributed by atoms with Crippen molar-refractivity contribution in [3.8, 4) is 0 Å². The largest absolute Gasteiger partial charge is 0.191 e. The molecule has 0 aromatic carbocycles. The minimum absolute atomic E-state index is 0.332. The van der Waals surface area contributed by atoms with Crippen molar-refractivity contribution >= 4 is 37.2 Å². The van der Waals surface area contributed by atoms with Crippen molar-refractivity contribution in [3.05, 3.63) is 17.1 Å². The zero-order valence-electron chi connectivity index (χ0n) is 19.0. The summed E-state index contributed by atoms with van der Waals surface area (Å²) in [6, 6.07) is 0. The van der Waals surface area contributed by atoms with E-state index in [1.807, 2.05) is 0 Å². The Hall–Kier alpha value is 0.694. The maximum atomic E-state index is 2.79. The van der Waals surface area contributed by atoms with Gasteiger partial charge in [0.05, 0.1) is 5.57 Å².